The molecule has 1 atom stereocenters. The van der Waals surface area contributed by atoms with E-state index < -0.39 is 0 Å². The number of para-hydroxylation sites is 1. The summed E-state index contributed by atoms with van der Waals surface area (Å²) in [5.41, 5.74) is 2.68. The van der Waals surface area contributed by atoms with Crippen LogP contribution < -0.4 is 0 Å². The number of carbonyl (C=O) groups excluding carboxylic acids is 2. The van der Waals surface area contributed by atoms with Crippen molar-refractivity contribution < 1.29 is 9.59 Å². The van der Waals surface area contributed by atoms with Crippen LogP contribution in [0.15, 0.2) is 60.1 Å². The molecule has 6 nitrogen and oxygen atoms in total. The van der Waals surface area contributed by atoms with Crippen LogP contribution in [0.3, 0.4) is 0 Å². The number of hydrogen-bond donors (Lipinski definition) is 0. The van der Waals surface area contributed by atoms with Crippen LogP contribution in [0.1, 0.15) is 18.4 Å². The van der Waals surface area contributed by atoms with Crippen molar-refractivity contribution in [3.63, 3.8) is 0 Å². The molecule has 164 valence electrons. The molecule has 0 radical (unpaired) electrons. The molecule has 5 rings (SSSR count). The van der Waals surface area contributed by atoms with Crippen molar-refractivity contribution in [3.05, 3.63) is 65.7 Å². The van der Waals surface area contributed by atoms with Gasteiger partial charge in [-0.05, 0) is 42.5 Å². The highest BCUT2D eigenvalue weighted by molar-refractivity contribution is 7.99. The van der Waals surface area contributed by atoms with Gasteiger partial charge in [0.25, 0.3) is 0 Å². The quantitative estimate of drug-likeness (QED) is 0.533. The second kappa shape index (κ2) is 9.34. The van der Waals surface area contributed by atoms with Gasteiger partial charge in [-0.25, -0.2) is 4.68 Å². The van der Waals surface area contributed by atoms with Gasteiger partial charge in [0.1, 0.15) is 11.7 Å². The van der Waals surface area contributed by atoms with Crippen LogP contribution in [0.25, 0.3) is 22.3 Å². The number of benzene rings is 1. The molecule has 1 aromatic carbocycles. The molecule has 32 heavy (non-hydrogen) atoms. The third-order valence-electron chi connectivity index (χ3n) is 5.79. The van der Waals surface area contributed by atoms with E-state index in [0.29, 0.717) is 11.6 Å². The van der Waals surface area contributed by atoms with Gasteiger partial charge in [-0.2, -0.15) is 5.10 Å². The largest absolute Gasteiger partial charge is 0.341 e. The lowest BCUT2D eigenvalue weighted by atomic mass is 10.2. The molecule has 0 spiro atoms. The Morgan fingerprint density at radius 2 is 1.88 bits per heavy atom. The molecule has 3 aromatic rings. The smallest absolute Gasteiger partial charge is 0.247 e. The van der Waals surface area contributed by atoms with E-state index in [1.807, 2.05) is 69.7 Å². The van der Waals surface area contributed by atoms with Gasteiger partial charge in [-0.15, -0.1) is 23.1 Å². The van der Waals surface area contributed by atoms with E-state index in [2.05, 4.69) is 0 Å². The number of thioether (sulfide) groups is 1. The fourth-order valence-electron chi connectivity index (χ4n) is 4.10. The molecule has 8 heteroatoms. The summed E-state index contributed by atoms with van der Waals surface area (Å²) in [5, 5.41) is 6.80. The van der Waals surface area contributed by atoms with E-state index in [0.717, 1.165) is 47.8 Å². The molecule has 4 heterocycles. The molecule has 2 aliphatic rings. The fraction of sp³-hybridized carbons (Fsp3) is 0.292. The molecular weight excluding hydrogens is 440 g/mol. The number of thiophene rings is 1. The van der Waals surface area contributed by atoms with Crippen molar-refractivity contribution >= 4 is 41.0 Å². The highest BCUT2D eigenvalue weighted by Gasteiger charge is 2.36. The monoisotopic (exact) mass is 464 g/mol. The maximum Gasteiger partial charge on any atom is 0.247 e. The Kier molecular flexibility index (Phi) is 6.14. The molecule has 0 saturated carbocycles. The number of hydrogen-bond acceptors (Lipinski definition) is 5. The zero-order chi connectivity index (χ0) is 21.9. The minimum atomic E-state index is -0.362. The number of nitrogens with zero attached hydrogens (tertiary/aromatic N) is 4. The van der Waals surface area contributed by atoms with Gasteiger partial charge in [0.2, 0.25) is 11.8 Å². The van der Waals surface area contributed by atoms with Crippen LogP contribution in [-0.4, -0.2) is 62.2 Å². The second-order valence-corrected chi connectivity index (χ2v) is 9.83. The summed E-state index contributed by atoms with van der Waals surface area (Å²) in [6.07, 6.45) is 7.45. The van der Waals surface area contributed by atoms with E-state index in [1.54, 1.807) is 34.1 Å². The summed E-state index contributed by atoms with van der Waals surface area (Å²) in [5.74, 6) is 1.18. The van der Waals surface area contributed by atoms with Crippen LogP contribution in [0.5, 0.6) is 0 Å². The van der Waals surface area contributed by atoms with Crippen molar-refractivity contribution in [2.75, 3.05) is 24.7 Å². The Labute approximate surface area is 195 Å². The third kappa shape index (κ3) is 4.25. The maximum absolute atomic E-state index is 13.1. The molecule has 2 aliphatic heterocycles. The maximum atomic E-state index is 13.1. The van der Waals surface area contributed by atoms with Gasteiger partial charge in [0.05, 0.1) is 16.4 Å². The SMILES string of the molecule is O=C(C1CSCN1C(=O)/C=C/c1cn(-c2ccccc2)nc1-c1cccs1)N1CCCC1. The summed E-state index contributed by atoms with van der Waals surface area (Å²) < 4.78 is 1.84. The highest BCUT2D eigenvalue weighted by atomic mass is 32.2. The molecule has 1 unspecified atom stereocenters. The van der Waals surface area contributed by atoms with Gasteiger partial charge in [-0.1, -0.05) is 24.3 Å². The van der Waals surface area contributed by atoms with Gasteiger partial charge in [0.15, 0.2) is 0 Å². The summed E-state index contributed by atoms with van der Waals surface area (Å²) >= 11 is 3.26. The molecule has 2 amide bonds. The molecule has 0 bridgehead atoms. The highest BCUT2D eigenvalue weighted by Crippen LogP contribution is 2.29. The average molecular weight is 465 g/mol. The Morgan fingerprint density at radius 3 is 2.62 bits per heavy atom. The van der Waals surface area contributed by atoms with E-state index in [-0.39, 0.29) is 17.9 Å². The molecular formula is C24H24N4O2S2. The molecule has 0 aliphatic carbocycles. The Hall–Kier alpha value is -2.84. The Morgan fingerprint density at radius 1 is 1.06 bits per heavy atom. The molecule has 2 saturated heterocycles. The van der Waals surface area contributed by atoms with Crippen LogP contribution in [0.2, 0.25) is 0 Å². The second-order valence-electron chi connectivity index (χ2n) is 7.88. The average Bonchev–Trinajstić information content (AvgIpc) is 3.64. The fourth-order valence-corrected chi connectivity index (χ4v) is 5.98. The van der Waals surface area contributed by atoms with Crippen LogP contribution in [-0.2, 0) is 9.59 Å². The zero-order valence-corrected chi connectivity index (χ0v) is 19.2. The predicted octanol–water partition coefficient (Wildman–Crippen LogP) is 4.14. The van der Waals surface area contributed by atoms with Gasteiger partial charge < -0.3 is 9.80 Å². The van der Waals surface area contributed by atoms with Gasteiger partial charge >= 0.3 is 0 Å². The van der Waals surface area contributed by atoms with E-state index in [4.69, 9.17) is 5.10 Å². The van der Waals surface area contributed by atoms with Crippen LogP contribution in [0.4, 0.5) is 0 Å². The number of likely N-dealkylation sites (tertiary alicyclic amines) is 1. The van der Waals surface area contributed by atoms with Crippen molar-refractivity contribution in [1.29, 1.82) is 0 Å². The first kappa shape index (κ1) is 21.0. The molecule has 0 N–H and O–H groups in total. The Balaban J connectivity index is 1.39. The summed E-state index contributed by atoms with van der Waals surface area (Å²) in [7, 11) is 0. The van der Waals surface area contributed by atoms with Gasteiger partial charge in [0, 0.05) is 36.7 Å². The lowest BCUT2D eigenvalue weighted by molar-refractivity contribution is -0.140. The summed E-state index contributed by atoms with van der Waals surface area (Å²) in [4.78, 5) is 30.6. The number of rotatable bonds is 5. The first-order valence-corrected chi connectivity index (χ1v) is 12.8. The lowest BCUT2D eigenvalue weighted by Crippen LogP contribution is -2.47. The zero-order valence-electron chi connectivity index (χ0n) is 17.6. The molecule has 2 aromatic heterocycles. The first-order chi connectivity index (χ1) is 15.7. The van der Waals surface area contributed by atoms with Crippen molar-refractivity contribution in [2.24, 2.45) is 0 Å². The van der Waals surface area contributed by atoms with Crippen LogP contribution in [0, 0.1) is 0 Å². The van der Waals surface area contributed by atoms with Crippen molar-refractivity contribution in [1.82, 2.24) is 19.6 Å². The Bertz CT molecular complexity index is 1120. The molecule has 2 fully saturated rings. The minimum Gasteiger partial charge on any atom is -0.341 e. The van der Waals surface area contributed by atoms with Crippen molar-refractivity contribution in [2.45, 2.75) is 18.9 Å². The summed E-state index contributed by atoms with van der Waals surface area (Å²) in [6.45, 7) is 1.61. The number of aromatic nitrogens is 2. The normalized spacial score (nSPS) is 18.7. The van der Waals surface area contributed by atoms with E-state index in [1.165, 1.54) is 0 Å². The van der Waals surface area contributed by atoms with Crippen molar-refractivity contribution in [3.8, 4) is 16.3 Å². The topological polar surface area (TPSA) is 58.4 Å². The van der Waals surface area contributed by atoms with E-state index >= 15 is 0 Å². The predicted molar refractivity (Wildman–Crippen MR) is 130 cm³/mol. The van der Waals surface area contributed by atoms with Gasteiger partial charge in [-0.3, -0.25) is 9.59 Å². The van der Waals surface area contributed by atoms with Crippen LogP contribution >= 0.6 is 23.1 Å². The minimum absolute atomic E-state index is 0.0884. The summed E-state index contributed by atoms with van der Waals surface area (Å²) in [6, 6.07) is 13.6. The first-order valence-electron chi connectivity index (χ1n) is 10.7. The standard InChI is InChI=1S/C24H24N4O2S2/c29-22(27-17-31-16-20(27)24(30)26-12-4-5-13-26)11-10-18-15-28(19-7-2-1-3-8-19)25-23(18)21-9-6-14-32-21/h1-3,6-11,14-15,20H,4-5,12-13,16-17H2/b11-10+. The third-order valence-corrected chi connectivity index (χ3v) is 7.68. The lowest BCUT2D eigenvalue weighted by Gasteiger charge is -2.26. The number of carbonyl (C=O) groups is 2. The van der Waals surface area contributed by atoms with E-state index in [9.17, 15) is 9.59 Å². The number of amides is 2.